The van der Waals surface area contributed by atoms with E-state index in [1.165, 1.54) is 0 Å². The molecule has 0 atom stereocenters. The molecule has 0 spiro atoms. The van der Waals surface area contributed by atoms with Gasteiger partial charge in [0.15, 0.2) is 5.82 Å². The van der Waals surface area contributed by atoms with Gasteiger partial charge in [-0.1, -0.05) is 0 Å². The first-order valence-electron chi connectivity index (χ1n) is 5.13. The van der Waals surface area contributed by atoms with Crippen molar-refractivity contribution < 1.29 is 5.11 Å². The van der Waals surface area contributed by atoms with Gasteiger partial charge in [0.05, 0.1) is 22.9 Å². The van der Waals surface area contributed by atoms with Crippen LogP contribution in [0.4, 0.5) is 5.69 Å². The SMILES string of the molecule is Nc1ccc(-c2nc3ccc(O)cc3[nH]2)nc1. The number of H-pyrrole nitrogens is 1. The number of fused-ring (bicyclic) bond motifs is 1. The van der Waals surface area contributed by atoms with Crippen molar-refractivity contribution >= 4 is 16.7 Å². The minimum absolute atomic E-state index is 0.206. The zero-order valence-corrected chi connectivity index (χ0v) is 8.88. The number of pyridine rings is 1. The van der Waals surface area contributed by atoms with Gasteiger partial charge in [0.1, 0.15) is 11.4 Å². The summed E-state index contributed by atoms with van der Waals surface area (Å²) in [5.41, 5.74) is 8.47. The molecule has 1 aromatic carbocycles. The van der Waals surface area contributed by atoms with E-state index in [1.807, 2.05) is 0 Å². The number of nitrogens with zero attached hydrogens (tertiary/aromatic N) is 2. The number of hydrogen-bond acceptors (Lipinski definition) is 4. The normalized spacial score (nSPS) is 10.8. The van der Waals surface area contributed by atoms with Crippen LogP contribution in [0.2, 0.25) is 0 Å². The fourth-order valence-electron chi connectivity index (χ4n) is 1.66. The van der Waals surface area contributed by atoms with E-state index in [1.54, 1.807) is 36.5 Å². The van der Waals surface area contributed by atoms with E-state index < -0.39 is 0 Å². The van der Waals surface area contributed by atoms with Gasteiger partial charge in [-0.25, -0.2) is 4.98 Å². The Morgan fingerprint density at radius 1 is 1.18 bits per heavy atom. The number of imidazole rings is 1. The minimum atomic E-state index is 0.206. The lowest BCUT2D eigenvalue weighted by molar-refractivity contribution is 0.476. The average Bonchev–Trinajstić information content (AvgIpc) is 2.72. The third kappa shape index (κ3) is 1.67. The number of nitrogen functional groups attached to an aromatic ring is 1. The Balaban J connectivity index is 2.14. The van der Waals surface area contributed by atoms with Gasteiger partial charge in [-0.2, -0.15) is 0 Å². The first-order valence-corrected chi connectivity index (χ1v) is 5.13. The van der Waals surface area contributed by atoms with Gasteiger partial charge in [-0.15, -0.1) is 0 Å². The number of rotatable bonds is 1. The largest absolute Gasteiger partial charge is 0.508 e. The summed E-state index contributed by atoms with van der Waals surface area (Å²) in [5, 5.41) is 9.37. The van der Waals surface area contributed by atoms with Gasteiger partial charge in [-0.3, -0.25) is 4.98 Å². The van der Waals surface area contributed by atoms with Crippen LogP contribution in [0.3, 0.4) is 0 Å². The quantitative estimate of drug-likeness (QED) is 0.591. The molecule has 5 heteroatoms. The molecule has 0 fully saturated rings. The number of phenolic OH excluding ortho intramolecular Hbond substituents is 1. The summed E-state index contributed by atoms with van der Waals surface area (Å²) in [6, 6.07) is 8.55. The first kappa shape index (κ1) is 9.65. The highest BCUT2D eigenvalue weighted by atomic mass is 16.3. The number of benzene rings is 1. The second-order valence-corrected chi connectivity index (χ2v) is 3.76. The molecule has 0 radical (unpaired) electrons. The lowest BCUT2D eigenvalue weighted by atomic mass is 10.3. The van der Waals surface area contributed by atoms with Crippen LogP contribution >= 0.6 is 0 Å². The summed E-state index contributed by atoms with van der Waals surface area (Å²) >= 11 is 0. The lowest BCUT2D eigenvalue weighted by Gasteiger charge is -1.95. The zero-order chi connectivity index (χ0) is 11.8. The lowest BCUT2D eigenvalue weighted by Crippen LogP contribution is -1.89. The Bertz CT molecular complexity index is 673. The van der Waals surface area contributed by atoms with Crippen molar-refractivity contribution in [3.05, 3.63) is 36.5 Å². The highest BCUT2D eigenvalue weighted by Crippen LogP contribution is 2.22. The Labute approximate surface area is 97.0 Å². The summed E-state index contributed by atoms with van der Waals surface area (Å²) in [5.74, 6) is 0.864. The Morgan fingerprint density at radius 3 is 2.82 bits per heavy atom. The summed E-state index contributed by atoms with van der Waals surface area (Å²) in [6.07, 6.45) is 1.58. The van der Waals surface area contributed by atoms with E-state index in [4.69, 9.17) is 5.73 Å². The third-order valence-electron chi connectivity index (χ3n) is 2.49. The van der Waals surface area contributed by atoms with Gasteiger partial charge in [0.2, 0.25) is 0 Å². The van der Waals surface area contributed by atoms with Crippen LogP contribution in [0.5, 0.6) is 5.75 Å². The van der Waals surface area contributed by atoms with Crippen molar-refractivity contribution in [3.8, 4) is 17.3 Å². The maximum absolute atomic E-state index is 9.37. The molecule has 0 aliphatic rings. The predicted octanol–water partition coefficient (Wildman–Crippen LogP) is 1.91. The molecule has 0 unspecified atom stereocenters. The first-order chi connectivity index (χ1) is 8.22. The Morgan fingerprint density at radius 2 is 2.06 bits per heavy atom. The Hall–Kier alpha value is -2.56. The zero-order valence-electron chi connectivity index (χ0n) is 8.88. The van der Waals surface area contributed by atoms with E-state index in [9.17, 15) is 5.11 Å². The summed E-state index contributed by atoms with van der Waals surface area (Å²) in [7, 11) is 0. The van der Waals surface area contributed by atoms with Crippen LogP contribution in [0.1, 0.15) is 0 Å². The average molecular weight is 226 g/mol. The van der Waals surface area contributed by atoms with Crippen LogP contribution in [-0.4, -0.2) is 20.1 Å². The van der Waals surface area contributed by atoms with E-state index in [-0.39, 0.29) is 5.75 Å². The maximum atomic E-state index is 9.37. The van der Waals surface area contributed by atoms with Crippen LogP contribution in [0.15, 0.2) is 36.5 Å². The van der Waals surface area contributed by atoms with Gasteiger partial charge in [0, 0.05) is 6.07 Å². The highest BCUT2D eigenvalue weighted by molar-refractivity contribution is 5.80. The van der Waals surface area contributed by atoms with Gasteiger partial charge in [-0.05, 0) is 24.3 Å². The number of aromatic hydroxyl groups is 1. The smallest absolute Gasteiger partial charge is 0.157 e. The maximum Gasteiger partial charge on any atom is 0.157 e. The molecule has 2 heterocycles. The molecule has 2 aromatic heterocycles. The van der Waals surface area contributed by atoms with Crippen molar-refractivity contribution in [2.75, 3.05) is 5.73 Å². The second-order valence-electron chi connectivity index (χ2n) is 3.76. The Kier molecular flexibility index (Phi) is 1.98. The molecule has 0 bridgehead atoms. The number of aromatic amines is 1. The van der Waals surface area contributed by atoms with Gasteiger partial charge in [0.25, 0.3) is 0 Å². The van der Waals surface area contributed by atoms with Crippen LogP contribution in [0.25, 0.3) is 22.6 Å². The number of phenols is 1. The molecule has 4 N–H and O–H groups in total. The highest BCUT2D eigenvalue weighted by Gasteiger charge is 2.06. The summed E-state index contributed by atoms with van der Waals surface area (Å²) in [6.45, 7) is 0. The fourth-order valence-corrected chi connectivity index (χ4v) is 1.66. The molecule has 0 aliphatic carbocycles. The standard InChI is InChI=1S/C12H10N4O/c13-7-1-3-10(14-6-7)12-15-9-4-2-8(17)5-11(9)16-12/h1-6,17H,13H2,(H,15,16). The minimum Gasteiger partial charge on any atom is -0.508 e. The molecule has 84 valence electrons. The van der Waals surface area contributed by atoms with Crippen molar-refractivity contribution in [2.45, 2.75) is 0 Å². The summed E-state index contributed by atoms with van der Waals surface area (Å²) < 4.78 is 0. The summed E-state index contributed by atoms with van der Waals surface area (Å²) in [4.78, 5) is 11.7. The molecule has 0 aliphatic heterocycles. The molecule has 17 heavy (non-hydrogen) atoms. The number of nitrogens with two attached hydrogens (primary N) is 1. The topological polar surface area (TPSA) is 87.8 Å². The van der Waals surface area contributed by atoms with Crippen molar-refractivity contribution in [2.24, 2.45) is 0 Å². The molecular weight excluding hydrogens is 216 g/mol. The molecule has 0 saturated carbocycles. The van der Waals surface area contributed by atoms with Crippen molar-refractivity contribution in [1.82, 2.24) is 15.0 Å². The molecule has 0 amide bonds. The van der Waals surface area contributed by atoms with Crippen molar-refractivity contribution in [1.29, 1.82) is 0 Å². The number of anilines is 1. The van der Waals surface area contributed by atoms with E-state index >= 15 is 0 Å². The van der Waals surface area contributed by atoms with Gasteiger partial charge >= 0.3 is 0 Å². The fraction of sp³-hybridized carbons (Fsp3) is 0. The molecular formula is C12H10N4O. The van der Waals surface area contributed by atoms with Crippen LogP contribution in [0, 0.1) is 0 Å². The van der Waals surface area contributed by atoms with Crippen LogP contribution < -0.4 is 5.73 Å². The second kappa shape index (κ2) is 3.48. The number of hydrogen-bond donors (Lipinski definition) is 3. The number of aromatic nitrogens is 3. The third-order valence-corrected chi connectivity index (χ3v) is 2.49. The number of nitrogens with one attached hydrogen (secondary N) is 1. The molecule has 0 saturated heterocycles. The molecule has 5 nitrogen and oxygen atoms in total. The van der Waals surface area contributed by atoms with E-state index in [2.05, 4.69) is 15.0 Å². The predicted molar refractivity (Wildman–Crippen MR) is 65.4 cm³/mol. The van der Waals surface area contributed by atoms with Crippen LogP contribution in [-0.2, 0) is 0 Å². The van der Waals surface area contributed by atoms with Crippen molar-refractivity contribution in [3.63, 3.8) is 0 Å². The van der Waals surface area contributed by atoms with E-state index in [0.29, 0.717) is 11.5 Å². The molecule has 3 rings (SSSR count). The van der Waals surface area contributed by atoms with E-state index in [0.717, 1.165) is 16.7 Å². The molecule has 3 aromatic rings. The monoisotopic (exact) mass is 226 g/mol. The van der Waals surface area contributed by atoms with Gasteiger partial charge < -0.3 is 15.8 Å².